The van der Waals surface area contributed by atoms with Gasteiger partial charge in [-0.1, -0.05) is 19.1 Å². The van der Waals surface area contributed by atoms with E-state index in [-0.39, 0.29) is 5.97 Å². The van der Waals surface area contributed by atoms with Crippen LogP contribution in [0, 0.1) is 0 Å². The highest BCUT2D eigenvalue weighted by Gasteiger charge is 2.35. The van der Waals surface area contributed by atoms with Crippen LogP contribution in [0.5, 0.6) is 17.2 Å². The summed E-state index contributed by atoms with van der Waals surface area (Å²) < 4.78 is 43.8. The smallest absolute Gasteiger partial charge is 0.350 e. The Morgan fingerprint density at radius 2 is 1.52 bits per heavy atom. The lowest BCUT2D eigenvalue weighted by atomic mass is 10.0. The van der Waals surface area contributed by atoms with Gasteiger partial charge in [0.05, 0.1) is 19.5 Å². The Bertz CT molecular complexity index is 937. The van der Waals surface area contributed by atoms with Crippen molar-refractivity contribution >= 4 is 16.1 Å². The van der Waals surface area contributed by atoms with Gasteiger partial charge < -0.3 is 18.4 Å². The van der Waals surface area contributed by atoms with E-state index in [1.807, 2.05) is 19.1 Å². The maximum atomic E-state index is 12.1. The molecule has 0 saturated heterocycles. The van der Waals surface area contributed by atoms with Crippen LogP contribution in [0.2, 0.25) is 0 Å². The van der Waals surface area contributed by atoms with Crippen molar-refractivity contribution < 1.29 is 31.6 Å². The highest BCUT2D eigenvalue weighted by Crippen LogP contribution is 2.25. The number of carbonyl (C=O) groups excluding carboxylic acids is 1. The van der Waals surface area contributed by atoms with Crippen LogP contribution in [0.4, 0.5) is 0 Å². The molecule has 1 atom stereocenters. The van der Waals surface area contributed by atoms with Crippen LogP contribution in [0.15, 0.2) is 48.5 Å². The molecule has 0 amide bonds. The molecule has 0 N–H and O–H groups in total. The summed E-state index contributed by atoms with van der Waals surface area (Å²) in [5.41, 5.74) is 0.0336. The van der Waals surface area contributed by atoms with E-state index in [2.05, 4.69) is 0 Å². The average Bonchev–Trinajstić information content (AvgIpc) is 2.72. The van der Waals surface area contributed by atoms with E-state index in [1.165, 1.54) is 0 Å². The Kier molecular flexibility index (Phi) is 8.74. The van der Waals surface area contributed by atoms with Crippen molar-refractivity contribution in [2.24, 2.45) is 0 Å². The fourth-order valence-electron chi connectivity index (χ4n) is 2.76. The summed E-state index contributed by atoms with van der Waals surface area (Å²) >= 11 is 0. The van der Waals surface area contributed by atoms with E-state index in [4.69, 9.17) is 18.4 Å². The van der Waals surface area contributed by atoms with E-state index < -0.39 is 15.7 Å². The summed E-state index contributed by atoms with van der Waals surface area (Å²) in [6.07, 6.45) is 3.08. The fraction of sp³-hybridized carbons (Fsp3) is 0.435. The number of rotatable bonds is 12. The monoisotopic (exact) mass is 450 g/mol. The van der Waals surface area contributed by atoms with Crippen molar-refractivity contribution in [3.8, 4) is 17.2 Å². The van der Waals surface area contributed by atoms with Crippen LogP contribution in [-0.2, 0) is 26.1 Å². The van der Waals surface area contributed by atoms with Gasteiger partial charge in [-0.05, 0) is 75.1 Å². The first-order valence-corrected chi connectivity index (χ1v) is 12.0. The van der Waals surface area contributed by atoms with E-state index in [1.54, 1.807) is 50.2 Å². The zero-order chi connectivity index (χ0) is 22.9. The van der Waals surface area contributed by atoms with E-state index in [9.17, 15) is 13.2 Å². The van der Waals surface area contributed by atoms with Gasteiger partial charge in [-0.2, -0.15) is 8.42 Å². The van der Waals surface area contributed by atoms with Crippen LogP contribution in [-0.4, -0.2) is 39.5 Å². The minimum absolute atomic E-state index is 0.298. The predicted molar refractivity (Wildman–Crippen MR) is 118 cm³/mol. The van der Waals surface area contributed by atoms with Crippen molar-refractivity contribution in [3.63, 3.8) is 0 Å². The largest absolute Gasteiger partial charge is 0.494 e. The molecule has 1 unspecified atom stereocenters. The topological polar surface area (TPSA) is 88.1 Å². The predicted octanol–water partition coefficient (Wildman–Crippen LogP) is 4.15. The second-order valence-corrected chi connectivity index (χ2v) is 8.84. The second-order valence-electron chi connectivity index (χ2n) is 7.26. The molecule has 2 rings (SSSR count). The lowest BCUT2D eigenvalue weighted by Gasteiger charge is -2.27. The number of esters is 1. The number of aryl methyl sites for hydroxylation is 1. The van der Waals surface area contributed by atoms with Crippen molar-refractivity contribution in [1.29, 1.82) is 0 Å². The summed E-state index contributed by atoms with van der Waals surface area (Å²) in [7, 11) is -3.52. The minimum atomic E-state index is -3.52. The van der Waals surface area contributed by atoms with Gasteiger partial charge in [-0.3, -0.25) is 0 Å². The summed E-state index contributed by atoms with van der Waals surface area (Å²) in [4.78, 5) is 12.1. The molecular weight excluding hydrogens is 420 g/mol. The quantitative estimate of drug-likeness (QED) is 0.273. The molecular formula is C23H30O7S. The van der Waals surface area contributed by atoms with Crippen LogP contribution >= 0.6 is 0 Å². The van der Waals surface area contributed by atoms with Crippen molar-refractivity contribution in [2.45, 2.75) is 45.6 Å². The summed E-state index contributed by atoms with van der Waals surface area (Å²) in [6.45, 7) is 6.19. The van der Waals surface area contributed by atoms with Crippen LogP contribution < -0.4 is 13.7 Å². The van der Waals surface area contributed by atoms with Crippen LogP contribution in [0.1, 0.15) is 39.2 Å². The molecule has 0 fully saturated rings. The number of benzene rings is 2. The molecule has 2 aromatic carbocycles. The molecule has 7 nitrogen and oxygen atoms in total. The molecule has 0 aromatic heterocycles. The Morgan fingerprint density at radius 3 is 2.06 bits per heavy atom. The maximum Gasteiger partial charge on any atom is 0.350 e. The van der Waals surface area contributed by atoms with Gasteiger partial charge in [0.25, 0.3) is 0 Å². The fourth-order valence-corrected chi connectivity index (χ4v) is 3.22. The van der Waals surface area contributed by atoms with Gasteiger partial charge >= 0.3 is 16.1 Å². The van der Waals surface area contributed by atoms with E-state index in [0.29, 0.717) is 36.9 Å². The Labute approximate surface area is 184 Å². The van der Waals surface area contributed by atoms with Gasteiger partial charge in [0.15, 0.2) is 0 Å². The second kappa shape index (κ2) is 11.0. The Balaban J connectivity index is 1.80. The Morgan fingerprint density at radius 1 is 0.935 bits per heavy atom. The molecule has 0 aliphatic heterocycles. The molecule has 31 heavy (non-hydrogen) atoms. The highest BCUT2D eigenvalue weighted by atomic mass is 32.2. The zero-order valence-electron chi connectivity index (χ0n) is 18.4. The molecule has 170 valence electrons. The van der Waals surface area contributed by atoms with E-state index >= 15 is 0 Å². The molecule has 0 heterocycles. The van der Waals surface area contributed by atoms with Crippen molar-refractivity contribution in [1.82, 2.24) is 0 Å². The third-order valence-electron chi connectivity index (χ3n) is 4.60. The summed E-state index contributed by atoms with van der Waals surface area (Å²) in [5, 5.41) is 0. The summed E-state index contributed by atoms with van der Waals surface area (Å²) in [5.74, 6) is 1.19. The normalized spacial score (nSPS) is 13.2. The van der Waals surface area contributed by atoms with E-state index in [0.717, 1.165) is 24.7 Å². The standard InChI is InChI=1S/C23H30O7S/c1-5-23(3,22(24)27-6-2)29-20-15-13-19(14-16-20)28-17-7-8-18-9-11-21(12-10-18)30-31(4,25)26/h9-16H,5-8,17H2,1-4H3. The number of ether oxygens (including phenoxy) is 3. The van der Waals surface area contributed by atoms with Crippen LogP contribution in [0.3, 0.4) is 0 Å². The summed E-state index contributed by atoms with van der Waals surface area (Å²) in [6, 6.07) is 14.1. The van der Waals surface area contributed by atoms with Gasteiger partial charge in [0.1, 0.15) is 17.2 Å². The maximum absolute atomic E-state index is 12.1. The number of hydrogen-bond donors (Lipinski definition) is 0. The number of carbonyl (C=O) groups is 1. The first-order chi connectivity index (χ1) is 14.6. The SMILES string of the molecule is CCOC(=O)C(C)(CC)Oc1ccc(OCCCc2ccc(OS(C)(=O)=O)cc2)cc1. The van der Waals surface area contributed by atoms with Gasteiger partial charge in [0.2, 0.25) is 5.60 Å². The van der Waals surface area contributed by atoms with Gasteiger partial charge in [0, 0.05) is 0 Å². The molecule has 8 heteroatoms. The molecule has 0 saturated carbocycles. The van der Waals surface area contributed by atoms with Crippen molar-refractivity contribution in [2.75, 3.05) is 19.5 Å². The lowest BCUT2D eigenvalue weighted by Crippen LogP contribution is -2.42. The molecule has 0 radical (unpaired) electrons. The van der Waals surface area contributed by atoms with Gasteiger partial charge in [-0.25, -0.2) is 4.79 Å². The number of hydrogen-bond acceptors (Lipinski definition) is 7. The molecule has 2 aromatic rings. The van der Waals surface area contributed by atoms with Crippen LogP contribution in [0.25, 0.3) is 0 Å². The van der Waals surface area contributed by atoms with Crippen molar-refractivity contribution in [3.05, 3.63) is 54.1 Å². The van der Waals surface area contributed by atoms with Gasteiger partial charge in [-0.15, -0.1) is 0 Å². The molecule has 0 aliphatic carbocycles. The zero-order valence-corrected chi connectivity index (χ0v) is 19.2. The molecule has 0 bridgehead atoms. The molecule has 0 aliphatic rings. The third kappa shape index (κ3) is 8.13. The third-order valence-corrected chi connectivity index (χ3v) is 5.09. The molecule has 0 spiro atoms. The average molecular weight is 451 g/mol. The lowest BCUT2D eigenvalue weighted by molar-refractivity contribution is -0.160. The minimum Gasteiger partial charge on any atom is -0.494 e. The first kappa shape index (κ1) is 24.5. The highest BCUT2D eigenvalue weighted by molar-refractivity contribution is 7.86. The Hall–Kier alpha value is -2.74. The first-order valence-electron chi connectivity index (χ1n) is 10.2.